The number of amides is 1. The zero-order chi connectivity index (χ0) is 33.1. The molecule has 4 rings (SSSR count). The first-order valence-corrected chi connectivity index (χ1v) is 14.8. The first kappa shape index (κ1) is 34.4. The molecule has 3 atom stereocenters. The number of carbonyl (C=O) groups excluding carboxylic acids is 2. The SMILES string of the molecule is COC(=O)/C(=C/[C@@H](OCc1ccccc1)[C@@H](OCc1ccccc1)[C@@H](N=[N+]=[N-])OCc1ccccc1)NC(=O)OCc1ccccc1. The van der Waals surface area contributed by atoms with Gasteiger partial charge in [0.05, 0.1) is 26.9 Å². The lowest BCUT2D eigenvalue weighted by molar-refractivity contribution is -0.140. The van der Waals surface area contributed by atoms with E-state index in [0.717, 1.165) is 22.3 Å². The van der Waals surface area contributed by atoms with E-state index in [0.29, 0.717) is 0 Å². The smallest absolute Gasteiger partial charge is 0.412 e. The van der Waals surface area contributed by atoms with Crippen molar-refractivity contribution in [2.24, 2.45) is 5.11 Å². The second kappa shape index (κ2) is 19.2. The average molecular weight is 637 g/mol. The Balaban J connectivity index is 1.67. The van der Waals surface area contributed by atoms with E-state index in [2.05, 4.69) is 15.3 Å². The highest BCUT2D eigenvalue weighted by Gasteiger charge is 2.33. The fourth-order valence-corrected chi connectivity index (χ4v) is 4.42. The number of hydrogen-bond acceptors (Lipinski definition) is 8. The van der Waals surface area contributed by atoms with Crippen molar-refractivity contribution in [1.82, 2.24) is 5.32 Å². The summed E-state index contributed by atoms with van der Waals surface area (Å²) in [5.41, 5.74) is 12.6. The van der Waals surface area contributed by atoms with E-state index >= 15 is 0 Å². The summed E-state index contributed by atoms with van der Waals surface area (Å²) in [6.07, 6.45) is -2.96. The van der Waals surface area contributed by atoms with Gasteiger partial charge in [-0.25, -0.2) is 9.59 Å². The summed E-state index contributed by atoms with van der Waals surface area (Å²) in [5.74, 6) is -0.859. The van der Waals surface area contributed by atoms with Gasteiger partial charge in [0.25, 0.3) is 0 Å². The third-order valence-electron chi connectivity index (χ3n) is 6.79. The van der Waals surface area contributed by atoms with Crippen LogP contribution >= 0.6 is 0 Å². The van der Waals surface area contributed by atoms with Crippen LogP contribution in [0.5, 0.6) is 0 Å². The van der Waals surface area contributed by atoms with Crippen LogP contribution in [-0.2, 0) is 54.9 Å². The number of esters is 1. The predicted molar refractivity (Wildman–Crippen MR) is 174 cm³/mol. The Morgan fingerprint density at radius 3 is 1.62 bits per heavy atom. The van der Waals surface area contributed by atoms with Gasteiger partial charge in [-0.3, -0.25) is 5.32 Å². The maximum absolute atomic E-state index is 13.0. The Hall–Kier alpha value is -5.45. The molecule has 1 amide bonds. The molecule has 4 aromatic carbocycles. The van der Waals surface area contributed by atoms with Gasteiger partial charge >= 0.3 is 12.1 Å². The van der Waals surface area contributed by atoms with Crippen LogP contribution in [0.1, 0.15) is 22.3 Å². The van der Waals surface area contributed by atoms with Crippen molar-refractivity contribution >= 4 is 12.1 Å². The number of benzene rings is 4. The lowest BCUT2D eigenvalue weighted by Gasteiger charge is -2.30. The van der Waals surface area contributed by atoms with Gasteiger partial charge < -0.3 is 23.7 Å². The molecule has 4 aromatic rings. The summed E-state index contributed by atoms with van der Waals surface area (Å²) in [6.45, 7) is 0.251. The topological polar surface area (TPSA) is 141 Å². The van der Waals surface area contributed by atoms with Gasteiger partial charge in [0, 0.05) is 4.91 Å². The van der Waals surface area contributed by atoms with E-state index in [-0.39, 0.29) is 32.1 Å². The molecule has 0 heterocycles. The molecule has 47 heavy (non-hydrogen) atoms. The fraction of sp³-hybridized carbons (Fsp3) is 0.222. The highest BCUT2D eigenvalue weighted by atomic mass is 16.6. The number of rotatable bonds is 17. The van der Waals surface area contributed by atoms with E-state index in [1.807, 2.05) is 109 Å². The van der Waals surface area contributed by atoms with Gasteiger partial charge in [0.15, 0.2) is 6.23 Å². The Morgan fingerprint density at radius 1 is 0.702 bits per heavy atom. The van der Waals surface area contributed by atoms with Crippen molar-refractivity contribution in [3.05, 3.63) is 166 Å². The molecule has 0 aliphatic rings. The predicted octanol–water partition coefficient (Wildman–Crippen LogP) is 6.99. The number of nitrogens with one attached hydrogen (secondary N) is 1. The second-order valence-corrected chi connectivity index (χ2v) is 10.2. The van der Waals surface area contributed by atoms with Crippen molar-refractivity contribution in [1.29, 1.82) is 0 Å². The van der Waals surface area contributed by atoms with Crippen molar-refractivity contribution in [3.8, 4) is 0 Å². The van der Waals surface area contributed by atoms with Crippen LogP contribution < -0.4 is 5.32 Å². The van der Waals surface area contributed by atoms with Crippen molar-refractivity contribution in [2.45, 2.75) is 44.9 Å². The molecule has 0 aliphatic carbocycles. The molecule has 0 aromatic heterocycles. The van der Waals surface area contributed by atoms with Gasteiger partial charge in [-0.15, -0.1) is 0 Å². The molecule has 11 heteroatoms. The molecule has 0 radical (unpaired) electrons. The summed E-state index contributed by atoms with van der Waals surface area (Å²) < 4.78 is 29.1. The summed E-state index contributed by atoms with van der Waals surface area (Å²) in [4.78, 5) is 28.8. The number of azide groups is 1. The van der Waals surface area contributed by atoms with Gasteiger partial charge in [0.1, 0.15) is 24.5 Å². The second-order valence-electron chi connectivity index (χ2n) is 10.2. The Labute approximate surface area is 273 Å². The van der Waals surface area contributed by atoms with Crippen LogP contribution in [0.4, 0.5) is 4.79 Å². The molecule has 0 aliphatic heterocycles. The number of alkyl carbamates (subject to hydrolysis) is 1. The normalized spacial score (nSPS) is 13.0. The van der Waals surface area contributed by atoms with Crippen LogP contribution in [0.2, 0.25) is 0 Å². The summed E-state index contributed by atoms with van der Waals surface area (Å²) >= 11 is 0. The summed E-state index contributed by atoms with van der Waals surface area (Å²) in [6, 6.07) is 37.2. The molecule has 242 valence electrons. The first-order valence-electron chi connectivity index (χ1n) is 14.8. The van der Waals surface area contributed by atoms with E-state index in [1.165, 1.54) is 13.2 Å². The molecule has 0 unspecified atom stereocenters. The van der Waals surface area contributed by atoms with E-state index in [4.69, 9.17) is 23.7 Å². The van der Waals surface area contributed by atoms with Crippen LogP contribution in [0.15, 0.2) is 138 Å². The monoisotopic (exact) mass is 636 g/mol. The highest BCUT2D eigenvalue weighted by molar-refractivity contribution is 5.92. The van der Waals surface area contributed by atoms with Crippen LogP contribution in [0, 0.1) is 0 Å². The summed E-state index contributed by atoms with van der Waals surface area (Å²) in [7, 11) is 1.18. The molecule has 0 spiro atoms. The van der Waals surface area contributed by atoms with Crippen molar-refractivity contribution in [3.63, 3.8) is 0 Å². The third-order valence-corrected chi connectivity index (χ3v) is 6.79. The largest absolute Gasteiger partial charge is 0.464 e. The fourth-order valence-electron chi connectivity index (χ4n) is 4.42. The quantitative estimate of drug-likeness (QED) is 0.0433. The third kappa shape index (κ3) is 11.8. The average Bonchev–Trinajstić information content (AvgIpc) is 3.12. The Bertz CT molecular complexity index is 1600. The molecule has 0 saturated carbocycles. The Kier molecular flexibility index (Phi) is 14.0. The molecule has 11 nitrogen and oxygen atoms in total. The van der Waals surface area contributed by atoms with E-state index < -0.39 is 30.5 Å². The molecule has 1 N–H and O–H groups in total. The summed E-state index contributed by atoms with van der Waals surface area (Å²) in [5, 5.41) is 6.39. The molecular formula is C36H36N4O7. The first-order chi connectivity index (χ1) is 23.1. The Morgan fingerprint density at radius 2 is 1.15 bits per heavy atom. The van der Waals surface area contributed by atoms with Crippen molar-refractivity contribution in [2.75, 3.05) is 7.11 Å². The molecule has 0 fully saturated rings. The lowest BCUT2D eigenvalue weighted by Crippen LogP contribution is -2.42. The maximum Gasteiger partial charge on any atom is 0.412 e. The zero-order valence-corrected chi connectivity index (χ0v) is 25.9. The number of hydrogen-bond donors (Lipinski definition) is 1. The zero-order valence-electron chi connectivity index (χ0n) is 25.9. The maximum atomic E-state index is 13.0. The number of ether oxygens (including phenoxy) is 5. The van der Waals surface area contributed by atoms with Crippen LogP contribution in [-0.4, -0.2) is 37.6 Å². The highest BCUT2D eigenvalue weighted by Crippen LogP contribution is 2.22. The van der Waals surface area contributed by atoms with Gasteiger partial charge in [-0.05, 0) is 33.9 Å². The molecule has 0 saturated heterocycles. The number of carbonyl (C=O) groups is 2. The van der Waals surface area contributed by atoms with E-state index in [1.54, 1.807) is 12.1 Å². The van der Waals surface area contributed by atoms with Gasteiger partial charge in [0.2, 0.25) is 0 Å². The molecular weight excluding hydrogens is 600 g/mol. The number of nitrogens with zero attached hydrogens (tertiary/aromatic N) is 3. The van der Waals surface area contributed by atoms with Gasteiger partial charge in [-0.1, -0.05) is 126 Å². The lowest BCUT2D eigenvalue weighted by atomic mass is 10.1. The van der Waals surface area contributed by atoms with Crippen molar-refractivity contribution < 1.29 is 33.3 Å². The van der Waals surface area contributed by atoms with Crippen LogP contribution in [0.25, 0.3) is 10.4 Å². The van der Waals surface area contributed by atoms with E-state index in [9.17, 15) is 15.1 Å². The number of methoxy groups -OCH3 is 1. The van der Waals surface area contributed by atoms with Crippen LogP contribution in [0.3, 0.4) is 0 Å². The minimum atomic E-state index is -1.22. The minimum absolute atomic E-state index is 0.0237. The molecule has 0 bridgehead atoms. The minimum Gasteiger partial charge on any atom is -0.464 e. The standard InChI is InChI=1S/C36H36N4O7/c1-43-35(41)31(38-36(42)47-26-30-20-12-5-13-21-30)22-32(44-23-27-14-6-2-7-15-27)33(45-24-28-16-8-3-9-17-28)34(39-40-37)46-25-29-18-10-4-11-19-29/h2-22,32-34H,23-26H2,1H3,(H,38,42)/b31-22-/t32-,33-,34+/m1/s1. The van der Waals surface area contributed by atoms with Gasteiger partial charge in [-0.2, -0.15) is 0 Å².